The Kier molecular flexibility index (Phi) is 5.91. The van der Waals surface area contributed by atoms with Crippen molar-refractivity contribution in [2.75, 3.05) is 6.61 Å². The summed E-state index contributed by atoms with van der Waals surface area (Å²) in [6.45, 7) is 1.83. The van der Waals surface area contributed by atoms with Gasteiger partial charge in [0.15, 0.2) is 0 Å². The largest absolute Gasteiger partial charge is 0.516 e. The molecule has 0 saturated carbocycles. The molecule has 0 aliphatic carbocycles. The van der Waals surface area contributed by atoms with Crippen LogP contribution in [0.4, 0.5) is 4.79 Å². The molecule has 1 aromatic rings. The highest BCUT2D eigenvalue weighted by Crippen LogP contribution is 2.10. The zero-order valence-electron chi connectivity index (χ0n) is 7.39. The summed E-state index contributed by atoms with van der Waals surface area (Å²) in [7, 11) is 0. The number of rotatable bonds is 2. The number of halogens is 1. The molecule has 1 heterocycles. The van der Waals surface area contributed by atoms with Gasteiger partial charge in [-0.25, -0.2) is 9.59 Å². The Hall–Kier alpha value is -1.07. The van der Waals surface area contributed by atoms with Gasteiger partial charge in [-0.15, -0.1) is 23.7 Å². The molecule has 1 rings (SSSR count). The molecule has 0 N–H and O–H groups in total. The van der Waals surface area contributed by atoms with Crippen LogP contribution in [0, 0.1) is 0 Å². The summed E-state index contributed by atoms with van der Waals surface area (Å²) in [4.78, 5) is 22.1. The molecule has 1 aromatic heterocycles. The average Bonchev–Trinajstić information content (AvgIpc) is 2.55. The van der Waals surface area contributed by atoms with Gasteiger partial charge < -0.3 is 9.47 Å². The number of hydrogen-bond donors (Lipinski definition) is 0. The van der Waals surface area contributed by atoms with Crippen LogP contribution < -0.4 is 0 Å². The third-order valence-corrected chi connectivity index (χ3v) is 2.01. The van der Waals surface area contributed by atoms with Crippen LogP contribution >= 0.6 is 23.7 Å². The Bertz CT molecular complexity index is 296. The number of carbonyl (C=O) groups excluding carboxylic acids is 2. The van der Waals surface area contributed by atoms with Crippen molar-refractivity contribution in [2.45, 2.75) is 6.92 Å². The van der Waals surface area contributed by atoms with Crippen molar-refractivity contribution < 1.29 is 19.1 Å². The lowest BCUT2D eigenvalue weighted by Gasteiger charge is -1.99. The quantitative estimate of drug-likeness (QED) is 0.585. The number of hydrogen-bond acceptors (Lipinski definition) is 5. The van der Waals surface area contributed by atoms with E-state index in [9.17, 15) is 9.59 Å². The summed E-state index contributed by atoms with van der Waals surface area (Å²) in [5, 5.41) is 1.72. The van der Waals surface area contributed by atoms with Gasteiger partial charge >= 0.3 is 12.1 Å². The smallest absolute Gasteiger partial charge is 0.434 e. The predicted molar refractivity (Wildman–Crippen MR) is 54.0 cm³/mol. The lowest BCUT2D eigenvalue weighted by molar-refractivity contribution is 0.0406. The molecule has 0 bridgehead atoms. The van der Waals surface area contributed by atoms with Gasteiger partial charge in [0, 0.05) is 0 Å². The number of esters is 1. The Morgan fingerprint density at radius 2 is 2.21 bits per heavy atom. The van der Waals surface area contributed by atoms with Crippen LogP contribution in [0.1, 0.15) is 16.6 Å². The van der Waals surface area contributed by atoms with E-state index in [4.69, 9.17) is 0 Å². The zero-order chi connectivity index (χ0) is 9.68. The maximum atomic E-state index is 11.1. The summed E-state index contributed by atoms with van der Waals surface area (Å²) in [6, 6.07) is 3.28. The normalized spacial score (nSPS) is 8.64. The van der Waals surface area contributed by atoms with Crippen LogP contribution in [0.25, 0.3) is 0 Å². The van der Waals surface area contributed by atoms with E-state index >= 15 is 0 Å². The molecule has 0 aromatic carbocycles. The molecule has 4 nitrogen and oxygen atoms in total. The Labute approximate surface area is 91.2 Å². The van der Waals surface area contributed by atoms with Crippen LogP contribution in [0.15, 0.2) is 17.5 Å². The van der Waals surface area contributed by atoms with Gasteiger partial charge in [0.25, 0.3) is 0 Å². The summed E-state index contributed by atoms with van der Waals surface area (Å²) >= 11 is 1.21. The monoisotopic (exact) mass is 236 g/mol. The molecule has 0 fully saturated rings. The zero-order valence-corrected chi connectivity index (χ0v) is 9.02. The molecule has 0 aliphatic rings. The minimum Gasteiger partial charge on any atom is -0.434 e. The molecule has 78 valence electrons. The van der Waals surface area contributed by atoms with Crippen molar-refractivity contribution in [3.8, 4) is 0 Å². The minimum absolute atomic E-state index is 0. The van der Waals surface area contributed by atoms with E-state index in [0.717, 1.165) is 0 Å². The number of thiophene rings is 1. The fourth-order valence-corrected chi connectivity index (χ4v) is 1.27. The fraction of sp³-hybridized carbons (Fsp3) is 0.250. The molecule has 14 heavy (non-hydrogen) atoms. The molecular formula is C8H9ClO4S. The second-order valence-corrected chi connectivity index (χ2v) is 3.00. The average molecular weight is 237 g/mol. The molecular weight excluding hydrogens is 228 g/mol. The third-order valence-electron chi connectivity index (χ3n) is 1.16. The maximum absolute atomic E-state index is 11.1. The minimum atomic E-state index is -0.957. The van der Waals surface area contributed by atoms with E-state index in [1.54, 1.807) is 24.4 Å². The first kappa shape index (κ1) is 12.9. The molecule has 0 radical (unpaired) electrons. The van der Waals surface area contributed by atoms with E-state index in [2.05, 4.69) is 9.47 Å². The maximum Gasteiger partial charge on any atom is 0.516 e. The molecule has 6 heteroatoms. The Morgan fingerprint density at radius 3 is 2.71 bits per heavy atom. The highest BCUT2D eigenvalue weighted by Gasteiger charge is 2.13. The van der Waals surface area contributed by atoms with Gasteiger partial charge in [-0.3, -0.25) is 0 Å². The lowest BCUT2D eigenvalue weighted by Crippen LogP contribution is -2.12. The summed E-state index contributed by atoms with van der Waals surface area (Å²) in [5.41, 5.74) is 0. The number of carbonyl (C=O) groups is 2. The molecule has 0 saturated heterocycles. The van der Waals surface area contributed by atoms with Gasteiger partial charge in [0.1, 0.15) is 4.88 Å². The van der Waals surface area contributed by atoms with Crippen LogP contribution in [0.3, 0.4) is 0 Å². The lowest BCUT2D eigenvalue weighted by atomic mass is 10.5. The first-order chi connectivity index (χ1) is 6.24. The Balaban J connectivity index is 0.00000169. The van der Waals surface area contributed by atoms with Gasteiger partial charge in [0.2, 0.25) is 0 Å². The van der Waals surface area contributed by atoms with E-state index in [0.29, 0.717) is 4.88 Å². The SMILES string of the molecule is CCOC(=O)OC(=O)c1cccs1.Cl. The predicted octanol–water partition coefficient (Wildman–Crippen LogP) is 2.48. The van der Waals surface area contributed by atoms with Crippen molar-refractivity contribution in [1.82, 2.24) is 0 Å². The molecule has 0 aliphatic heterocycles. The second kappa shape index (κ2) is 6.39. The molecule has 0 unspecified atom stereocenters. The van der Waals surface area contributed by atoms with Crippen molar-refractivity contribution in [1.29, 1.82) is 0 Å². The second-order valence-electron chi connectivity index (χ2n) is 2.05. The van der Waals surface area contributed by atoms with Crippen molar-refractivity contribution in [3.63, 3.8) is 0 Å². The van der Waals surface area contributed by atoms with Crippen LogP contribution in [-0.2, 0) is 9.47 Å². The summed E-state index contributed by atoms with van der Waals surface area (Å²) in [5.74, 6) is -0.673. The third kappa shape index (κ3) is 3.76. The van der Waals surface area contributed by atoms with Crippen LogP contribution in [-0.4, -0.2) is 18.7 Å². The topological polar surface area (TPSA) is 52.6 Å². The molecule has 0 spiro atoms. The van der Waals surface area contributed by atoms with E-state index in [1.165, 1.54) is 11.3 Å². The highest BCUT2D eigenvalue weighted by molar-refractivity contribution is 7.12. The van der Waals surface area contributed by atoms with Crippen LogP contribution in [0.5, 0.6) is 0 Å². The molecule has 0 amide bonds. The highest BCUT2D eigenvalue weighted by atomic mass is 35.5. The molecule has 0 atom stereocenters. The number of ether oxygens (including phenoxy) is 2. The summed E-state index contributed by atoms with van der Waals surface area (Å²) in [6.07, 6.45) is -0.957. The summed E-state index contributed by atoms with van der Waals surface area (Å²) < 4.78 is 8.78. The van der Waals surface area contributed by atoms with Crippen LogP contribution in [0.2, 0.25) is 0 Å². The fourth-order valence-electron chi connectivity index (χ4n) is 0.668. The first-order valence-electron chi connectivity index (χ1n) is 3.66. The van der Waals surface area contributed by atoms with Crippen molar-refractivity contribution >= 4 is 35.9 Å². The van der Waals surface area contributed by atoms with E-state index in [1.807, 2.05) is 0 Å². The van der Waals surface area contributed by atoms with E-state index < -0.39 is 12.1 Å². The first-order valence-corrected chi connectivity index (χ1v) is 4.54. The van der Waals surface area contributed by atoms with Gasteiger partial charge in [0.05, 0.1) is 6.61 Å². The van der Waals surface area contributed by atoms with Gasteiger partial charge in [-0.1, -0.05) is 6.07 Å². The van der Waals surface area contributed by atoms with Crippen molar-refractivity contribution in [3.05, 3.63) is 22.4 Å². The van der Waals surface area contributed by atoms with E-state index in [-0.39, 0.29) is 19.0 Å². The van der Waals surface area contributed by atoms with Gasteiger partial charge in [-0.05, 0) is 18.4 Å². The Morgan fingerprint density at radius 1 is 1.50 bits per heavy atom. The van der Waals surface area contributed by atoms with Crippen molar-refractivity contribution in [2.24, 2.45) is 0 Å². The van der Waals surface area contributed by atoms with Gasteiger partial charge in [-0.2, -0.15) is 0 Å². The standard InChI is InChI=1S/C8H8O4S.ClH/c1-2-11-8(10)12-7(9)6-4-3-5-13-6;/h3-5H,2H2,1H3;1H.